The van der Waals surface area contributed by atoms with Gasteiger partial charge in [0.1, 0.15) is 0 Å². The molecule has 9 heteroatoms. The summed E-state index contributed by atoms with van der Waals surface area (Å²) in [5.41, 5.74) is -0.986. The highest BCUT2D eigenvalue weighted by Gasteiger charge is 2.34. The first-order chi connectivity index (χ1) is 11.9. The molecule has 1 amide bonds. The van der Waals surface area contributed by atoms with Gasteiger partial charge in [-0.25, -0.2) is 0 Å². The second-order valence-corrected chi connectivity index (χ2v) is 6.51. The van der Waals surface area contributed by atoms with Crippen LogP contribution in [0.15, 0.2) is 12.1 Å². The van der Waals surface area contributed by atoms with Gasteiger partial charge in [-0.15, -0.1) is 10.2 Å². The number of aromatic nitrogens is 2. The highest BCUT2D eigenvalue weighted by Crippen LogP contribution is 2.27. The van der Waals surface area contributed by atoms with Crippen LogP contribution in [0.25, 0.3) is 0 Å². The summed E-state index contributed by atoms with van der Waals surface area (Å²) < 4.78 is 37.6. The van der Waals surface area contributed by atoms with Crippen molar-refractivity contribution >= 4 is 11.7 Å². The summed E-state index contributed by atoms with van der Waals surface area (Å²) in [6.07, 6.45) is -2.34. The molecule has 0 aliphatic carbocycles. The van der Waals surface area contributed by atoms with Crippen LogP contribution in [0.3, 0.4) is 0 Å². The van der Waals surface area contributed by atoms with Crippen molar-refractivity contribution in [3.8, 4) is 0 Å². The Hall–Kier alpha value is -1.90. The zero-order valence-corrected chi connectivity index (χ0v) is 14.2. The molecule has 2 aliphatic rings. The van der Waals surface area contributed by atoms with Crippen molar-refractivity contribution in [3.05, 3.63) is 17.8 Å². The zero-order chi connectivity index (χ0) is 18.0. The number of amides is 1. The monoisotopic (exact) mass is 357 g/mol. The molecule has 2 fully saturated rings. The largest absolute Gasteiger partial charge is 0.435 e. The predicted molar refractivity (Wildman–Crippen MR) is 86.1 cm³/mol. The maximum absolute atomic E-state index is 12.5. The SMILES string of the molecule is CC(C(=O)N1CCCC1)N1CCN(c2ccc(C(F)(F)F)nn2)CC1. The van der Waals surface area contributed by atoms with Gasteiger partial charge in [-0.05, 0) is 31.9 Å². The number of halogens is 3. The van der Waals surface area contributed by atoms with Gasteiger partial charge >= 0.3 is 6.18 Å². The Kier molecular flexibility index (Phi) is 5.12. The van der Waals surface area contributed by atoms with Crippen LogP contribution in [-0.4, -0.2) is 71.2 Å². The van der Waals surface area contributed by atoms with E-state index in [4.69, 9.17) is 0 Å². The molecule has 0 bridgehead atoms. The Balaban J connectivity index is 1.55. The lowest BCUT2D eigenvalue weighted by Gasteiger charge is -2.38. The van der Waals surface area contributed by atoms with Gasteiger partial charge in [0.15, 0.2) is 11.5 Å². The number of hydrogen-bond acceptors (Lipinski definition) is 5. The number of likely N-dealkylation sites (tertiary alicyclic amines) is 1. The van der Waals surface area contributed by atoms with Crippen LogP contribution in [0.1, 0.15) is 25.5 Å². The lowest BCUT2D eigenvalue weighted by Crippen LogP contribution is -2.54. The summed E-state index contributed by atoms with van der Waals surface area (Å²) in [7, 11) is 0. The normalized spacial score (nSPS) is 20.8. The molecule has 6 nitrogen and oxygen atoms in total. The number of nitrogens with zero attached hydrogens (tertiary/aromatic N) is 5. The van der Waals surface area contributed by atoms with E-state index >= 15 is 0 Å². The first kappa shape index (κ1) is 17.9. The van der Waals surface area contributed by atoms with E-state index in [-0.39, 0.29) is 11.9 Å². The Morgan fingerprint density at radius 2 is 1.68 bits per heavy atom. The van der Waals surface area contributed by atoms with Crippen molar-refractivity contribution in [2.45, 2.75) is 32.0 Å². The van der Waals surface area contributed by atoms with E-state index in [2.05, 4.69) is 15.1 Å². The summed E-state index contributed by atoms with van der Waals surface area (Å²) in [6.45, 7) is 6.16. The van der Waals surface area contributed by atoms with Gasteiger partial charge in [-0.3, -0.25) is 9.69 Å². The number of piperazine rings is 1. The number of rotatable bonds is 3. The summed E-state index contributed by atoms with van der Waals surface area (Å²) in [5.74, 6) is 0.603. The minimum Gasteiger partial charge on any atom is -0.353 e. The fourth-order valence-electron chi connectivity index (χ4n) is 3.34. The van der Waals surface area contributed by atoms with Crippen molar-refractivity contribution in [1.82, 2.24) is 20.0 Å². The van der Waals surface area contributed by atoms with Gasteiger partial charge in [0.2, 0.25) is 5.91 Å². The first-order valence-corrected chi connectivity index (χ1v) is 8.55. The quantitative estimate of drug-likeness (QED) is 0.823. The molecule has 1 unspecified atom stereocenters. The molecule has 0 radical (unpaired) electrons. The predicted octanol–water partition coefficient (Wildman–Crippen LogP) is 1.63. The van der Waals surface area contributed by atoms with Crippen molar-refractivity contribution in [2.75, 3.05) is 44.2 Å². The van der Waals surface area contributed by atoms with Crippen LogP contribution in [0.4, 0.5) is 19.0 Å². The average Bonchev–Trinajstić information content (AvgIpc) is 3.14. The molecule has 3 heterocycles. The Morgan fingerprint density at radius 3 is 2.20 bits per heavy atom. The van der Waals surface area contributed by atoms with Crippen molar-refractivity contribution in [1.29, 1.82) is 0 Å². The molecule has 0 N–H and O–H groups in total. The Bertz CT molecular complexity index is 593. The second kappa shape index (κ2) is 7.15. The molecule has 1 aromatic rings. The Morgan fingerprint density at radius 1 is 1.04 bits per heavy atom. The molecule has 138 valence electrons. The molecule has 0 aromatic carbocycles. The number of carbonyl (C=O) groups excluding carboxylic acids is 1. The first-order valence-electron chi connectivity index (χ1n) is 8.55. The third-order valence-electron chi connectivity index (χ3n) is 4.90. The standard InChI is InChI=1S/C16H22F3N5O/c1-12(15(25)24-6-2-3-7-24)22-8-10-23(11-9-22)14-5-4-13(20-21-14)16(17,18)19/h4-5,12H,2-3,6-11H2,1H3. The molecule has 0 spiro atoms. The summed E-state index contributed by atoms with van der Waals surface area (Å²) in [5, 5.41) is 6.97. The van der Waals surface area contributed by atoms with E-state index < -0.39 is 11.9 Å². The third kappa shape index (κ3) is 4.02. The maximum Gasteiger partial charge on any atom is 0.435 e. The van der Waals surface area contributed by atoms with E-state index in [1.165, 1.54) is 6.07 Å². The molecule has 25 heavy (non-hydrogen) atoms. The van der Waals surface area contributed by atoms with Crippen LogP contribution < -0.4 is 4.90 Å². The van der Waals surface area contributed by atoms with Crippen LogP contribution in [0.5, 0.6) is 0 Å². The highest BCUT2D eigenvalue weighted by molar-refractivity contribution is 5.81. The highest BCUT2D eigenvalue weighted by atomic mass is 19.4. The molecule has 3 rings (SSSR count). The smallest absolute Gasteiger partial charge is 0.353 e. The minimum atomic E-state index is -4.48. The van der Waals surface area contributed by atoms with Crippen molar-refractivity contribution in [2.24, 2.45) is 0 Å². The van der Waals surface area contributed by atoms with E-state index in [0.717, 1.165) is 32.0 Å². The van der Waals surface area contributed by atoms with Gasteiger partial charge in [-0.2, -0.15) is 13.2 Å². The van der Waals surface area contributed by atoms with Crippen LogP contribution >= 0.6 is 0 Å². The van der Waals surface area contributed by atoms with Gasteiger partial charge in [-0.1, -0.05) is 0 Å². The lowest BCUT2D eigenvalue weighted by atomic mass is 10.2. The van der Waals surface area contributed by atoms with E-state index in [1.807, 2.05) is 16.7 Å². The average molecular weight is 357 g/mol. The van der Waals surface area contributed by atoms with Crippen LogP contribution in [0, 0.1) is 0 Å². The maximum atomic E-state index is 12.5. The van der Waals surface area contributed by atoms with E-state index in [9.17, 15) is 18.0 Å². The zero-order valence-electron chi connectivity index (χ0n) is 14.2. The molecule has 1 aromatic heterocycles. The number of carbonyl (C=O) groups is 1. The molecule has 2 saturated heterocycles. The molecule has 0 saturated carbocycles. The molecular formula is C16H22F3N5O. The second-order valence-electron chi connectivity index (χ2n) is 6.51. The summed E-state index contributed by atoms with van der Waals surface area (Å²) in [6, 6.07) is 2.14. The van der Waals surface area contributed by atoms with Gasteiger partial charge in [0.05, 0.1) is 6.04 Å². The number of anilines is 1. The minimum absolute atomic E-state index is 0.167. The Labute approximate surface area is 144 Å². The van der Waals surface area contributed by atoms with Crippen LogP contribution in [-0.2, 0) is 11.0 Å². The van der Waals surface area contributed by atoms with Crippen LogP contribution in [0.2, 0.25) is 0 Å². The fourth-order valence-corrected chi connectivity index (χ4v) is 3.34. The lowest BCUT2D eigenvalue weighted by molar-refractivity contribution is -0.141. The van der Waals surface area contributed by atoms with Crippen molar-refractivity contribution in [3.63, 3.8) is 0 Å². The number of hydrogen-bond donors (Lipinski definition) is 0. The molecule has 1 atom stereocenters. The fraction of sp³-hybridized carbons (Fsp3) is 0.688. The topological polar surface area (TPSA) is 52.6 Å². The summed E-state index contributed by atoms with van der Waals surface area (Å²) in [4.78, 5) is 18.4. The van der Waals surface area contributed by atoms with E-state index in [0.29, 0.717) is 32.0 Å². The third-order valence-corrected chi connectivity index (χ3v) is 4.90. The van der Waals surface area contributed by atoms with Crippen molar-refractivity contribution < 1.29 is 18.0 Å². The molecular weight excluding hydrogens is 335 g/mol. The molecule has 2 aliphatic heterocycles. The van der Waals surface area contributed by atoms with Gasteiger partial charge in [0, 0.05) is 39.3 Å². The van der Waals surface area contributed by atoms with Gasteiger partial charge < -0.3 is 9.80 Å². The van der Waals surface area contributed by atoms with Gasteiger partial charge in [0.25, 0.3) is 0 Å². The van der Waals surface area contributed by atoms with E-state index in [1.54, 1.807) is 0 Å². The summed E-state index contributed by atoms with van der Waals surface area (Å²) >= 11 is 0. The number of alkyl halides is 3.